The van der Waals surface area contributed by atoms with Crippen LogP contribution in [0.25, 0.3) is 0 Å². The summed E-state index contributed by atoms with van der Waals surface area (Å²) in [5.41, 5.74) is 3.18. The first-order valence-electron chi connectivity index (χ1n) is 8.48. The molecule has 0 radical (unpaired) electrons. The zero-order valence-electron chi connectivity index (χ0n) is 15.7. The highest BCUT2D eigenvalue weighted by atomic mass is 32.1. The minimum atomic E-state index is -1.01. The van der Waals surface area contributed by atoms with E-state index < -0.39 is 5.97 Å². The van der Waals surface area contributed by atoms with Crippen LogP contribution >= 0.6 is 11.3 Å². The average Bonchev–Trinajstić information content (AvgIpc) is 2.91. The van der Waals surface area contributed by atoms with Crippen LogP contribution in [-0.2, 0) is 10.8 Å². The van der Waals surface area contributed by atoms with Crippen molar-refractivity contribution >= 4 is 28.3 Å². The number of thiophene rings is 1. The van der Waals surface area contributed by atoms with Gasteiger partial charge in [0.15, 0.2) is 0 Å². The van der Waals surface area contributed by atoms with Gasteiger partial charge < -0.3 is 10.0 Å². The molecule has 2 heterocycles. The highest BCUT2D eigenvalue weighted by molar-refractivity contribution is 7.16. The van der Waals surface area contributed by atoms with Gasteiger partial charge in [-0.15, -0.1) is 11.3 Å². The molecule has 25 heavy (non-hydrogen) atoms. The molecule has 0 aromatic carbocycles. The minimum Gasteiger partial charge on any atom is -0.478 e. The van der Waals surface area contributed by atoms with Crippen LogP contribution in [-0.4, -0.2) is 28.1 Å². The standard InChI is InChI=1S/C19H25N3O2S/c1-11-13-14(19(4,5)8-7-18(13,2)3)25-15(11)22(6)17-20-9-12(10-21-17)16(23)24/h9-10H,7-8H2,1-6H3,(H,23,24). The van der Waals surface area contributed by atoms with Crippen molar-refractivity contribution in [3.63, 3.8) is 0 Å². The Balaban J connectivity index is 2.06. The zero-order valence-corrected chi connectivity index (χ0v) is 16.5. The van der Waals surface area contributed by atoms with E-state index in [0.717, 1.165) is 5.00 Å². The lowest BCUT2D eigenvalue weighted by molar-refractivity contribution is 0.0696. The minimum absolute atomic E-state index is 0.0987. The molecule has 0 unspecified atom stereocenters. The first-order chi connectivity index (χ1) is 11.5. The molecular weight excluding hydrogens is 334 g/mol. The van der Waals surface area contributed by atoms with Gasteiger partial charge in [-0.25, -0.2) is 14.8 Å². The van der Waals surface area contributed by atoms with E-state index in [1.54, 1.807) is 0 Å². The third kappa shape index (κ3) is 2.92. The van der Waals surface area contributed by atoms with Gasteiger partial charge in [-0.2, -0.15) is 0 Å². The van der Waals surface area contributed by atoms with E-state index in [1.807, 2.05) is 23.3 Å². The Hall–Kier alpha value is -1.95. The van der Waals surface area contributed by atoms with Gasteiger partial charge in [-0.1, -0.05) is 27.7 Å². The predicted molar refractivity (Wildman–Crippen MR) is 101 cm³/mol. The SMILES string of the molecule is Cc1c(N(C)c2ncc(C(=O)O)cn2)sc2c1C(C)(C)CCC2(C)C. The van der Waals surface area contributed by atoms with Crippen LogP contribution < -0.4 is 4.90 Å². The van der Waals surface area contributed by atoms with Crippen molar-refractivity contribution in [2.24, 2.45) is 0 Å². The maximum Gasteiger partial charge on any atom is 0.338 e. The lowest BCUT2D eigenvalue weighted by Gasteiger charge is -2.39. The number of aromatic nitrogens is 2. The van der Waals surface area contributed by atoms with Crippen LogP contribution in [0.1, 0.15) is 66.9 Å². The van der Waals surface area contributed by atoms with Crippen molar-refractivity contribution < 1.29 is 9.90 Å². The normalized spacial score (nSPS) is 17.8. The van der Waals surface area contributed by atoms with Gasteiger partial charge in [0.1, 0.15) is 5.00 Å². The van der Waals surface area contributed by atoms with Gasteiger partial charge in [-0.3, -0.25) is 0 Å². The van der Waals surface area contributed by atoms with Gasteiger partial charge in [0.05, 0.1) is 5.56 Å². The Kier molecular flexibility index (Phi) is 4.14. The molecule has 0 saturated heterocycles. The molecule has 134 valence electrons. The van der Waals surface area contributed by atoms with E-state index in [4.69, 9.17) is 5.11 Å². The quantitative estimate of drug-likeness (QED) is 0.863. The summed E-state index contributed by atoms with van der Waals surface area (Å²) >= 11 is 1.81. The Bertz CT molecular complexity index is 822. The molecule has 3 rings (SSSR count). The maximum atomic E-state index is 11.0. The molecule has 0 saturated carbocycles. The van der Waals surface area contributed by atoms with Gasteiger partial charge >= 0.3 is 5.97 Å². The maximum absolute atomic E-state index is 11.0. The van der Waals surface area contributed by atoms with Crippen molar-refractivity contribution in [3.05, 3.63) is 34.0 Å². The van der Waals surface area contributed by atoms with Crippen LogP contribution in [0.15, 0.2) is 12.4 Å². The van der Waals surface area contributed by atoms with E-state index in [-0.39, 0.29) is 16.4 Å². The summed E-state index contributed by atoms with van der Waals surface area (Å²) < 4.78 is 0. The summed E-state index contributed by atoms with van der Waals surface area (Å²) in [4.78, 5) is 22.9. The largest absolute Gasteiger partial charge is 0.478 e. The van der Waals surface area contributed by atoms with Crippen molar-refractivity contribution in [2.45, 2.75) is 58.3 Å². The number of fused-ring (bicyclic) bond motifs is 1. The van der Waals surface area contributed by atoms with Crippen molar-refractivity contribution in [1.29, 1.82) is 0 Å². The monoisotopic (exact) mass is 359 g/mol. The lowest BCUT2D eigenvalue weighted by Crippen LogP contribution is -2.32. The smallest absolute Gasteiger partial charge is 0.338 e. The molecule has 1 aliphatic rings. The van der Waals surface area contributed by atoms with Gasteiger partial charge in [0.2, 0.25) is 5.95 Å². The number of anilines is 2. The van der Waals surface area contributed by atoms with Crippen molar-refractivity contribution in [1.82, 2.24) is 9.97 Å². The predicted octanol–water partition coefficient (Wildman–Crippen LogP) is 4.66. The number of rotatable bonds is 3. The first kappa shape index (κ1) is 17.9. The third-order valence-electron chi connectivity index (χ3n) is 5.28. The molecular formula is C19H25N3O2S. The molecule has 0 bridgehead atoms. The van der Waals surface area contributed by atoms with Gasteiger partial charge in [0, 0.05) is 24.3 Å². The Morgan fingerprint density at radius 1 is 1.16 bits per heavy atom. The second-order valence-electron chi connectivity index (χ2n) is 8.14. The molecule has 0 aliphatic heterocycles. The molecule has 1 aliphatic carbocycles. The molecule has 0 spiro atoms. The number of nitrogens with zero attached hydrogens (tertiary/aromatic N) is 3. The molecule has 0 amide bonds. The van der Waals surface area contributed by atoms with Crippen molar-refractivity contribution in [2.75, 3.05) is 11.9 Å². The number of hydrogen-bond acceptors (Lipinski definition) is 5. The number of carbonyl (C=O) groups is 1. The molecule has 5 nitrogen and oxygen atoms in total. The summed E-state index contributed by atoms with van der Waals surface area (Å²) in [6, 6.07) is 0. The van der Waals surface area contributed by atoms with E-state index in [1.165, 1.54) is 41.2 Å². The fraction of sp³-hybridized carbons (Fsp3) is 0.526. The molecule has 2 aromatic rings. The van der Waals surface area contributed by atoms with Crippen LogP contribution in [0.4, 0.5) is 10.9 Å². The number of aromatic carboxylic acids is 1. The zero-order chi connectivity index (χ0) is 18.6. The molecule has 1 N–H and O–H groups in total. The van der Waals surface area contributed by atoms with Gasteiger partial charge in [-0.05, 0) is 41.7 Å². The second kappa shape index (κ2) is 5.80. The van der Waals surface area contributed by atoms with Crippen molar-refractivity contribution in [3.8, 4) is 0 Å². The molecule has 0 atom stereocenters. The Morgan fingerprint density at radius 3 is 2.24 bits per heavy atom. The number of carboxylic acids is 1. The fourth-order valence-electron chi connectivity index (χ4n) is 3.67. The Labute approximate surface area is 152 Å². The summed E-state index contributed by atoms with van der Waals surface area (Å²) in [7, 11) is 1.94. The average molecular weight is 359 g/mol. The van der Waals surface area contributed by atoms with Crippen LogP contribution in [0.3, 0.4) is 0 Å². The van der Waals surface area contributed by atoms with Crippen LogP contribution in [0.2, 0.25) is 0 Å². The van der Waals surface area contributed by atoms with E-state index >= 15 is 0 Å². The summed E-state index contributed by atoms with van der Waals surface area (Å²) in [5.74, 6) is -0.497. The van der Waals surface area contributed by atoms with E-state index in [2.05, 4.69) is 44.6 Å². The topological polar surface area (TPSA) is 66.3 Å². The highest BCUT2D eigenvalue weighted by Crippen LogP contribution is 2.53. The van der Waals surface area contributed by atoms with E-state index in [0.29, 0.717) is 5.95 Å². The Morgan fingerprint density at radius 2 is 1.72 bits per heavy atom. The molecule has 2 aromatic heterocycles. The highest BCUT2D eigenvalue weighted by Gasteiger charge is 2.41. The lowest BCUT2D eigenvalue weighted by atomic mass is 9.66. The fourth-order valence-corrected chi connectivity index (χ4v) is 5.25. The number of hydrogen-bond donors (Lipinski definition) is 1. The second-order valence-corrected chi connectivity index (χ2v) is 9.14. The van der Waals surface area contributed by atoms with Gasteiger partial charge in [0.25, 0.3) is 0 Å². The number of carboxylic acid groups (broad SMARTS) is 1. The first-order valence-corrected chi connectivity index (χ1v) is 9.29. The van der Waals surface area contributed by atoms with Crippen LogP contribution in [0.5, 0.6) is 0 Å². The molecule has 6 heteroatoms. The van der Waals surface area contributed by atoms with Crippen LogP contribution in [0, 0.1) is 6.92 Å². The van der Waals surface area contributed by atoms with E-state index in [9.17, 15) is 4.79 Å². The third-order valence-corrected chi connectivity index (χ3v) is 7.01. The summed E-state index contributed by atoms with van der Waals surface area (Å²) in [6.07, 6.45) is 5.08. The summed E-state index contributed by atoms with van der Waals surface area (Å²) in [5, 5.41) is 10.1. The summed E-state index contributed by atoms with van der Waals surface area (Å²) in [6.45, 7) is 11.5. The molecule has 0 fully saturated rings.